The first-order valence-corrected chi connectivity index (χ1v) is 17.4. The number of rotatable bonds is 14. The maximum absolute atomic E-state index is 14.1. The molecule has 1 aliphatic carbocycles. The maximum Gasteiger partial charge on any atom is 0.413 e. The van der Waals surface area contributed by atoms with Crippen LogP contribution in [-0.2, 0) is 28.7 Å². The average molecular weight is 706 g/mol. The van der Waals surface area contributed by atoms with Gasteiger partial charge in [0.1, 0.15) is 17.3 Å². The number of β-lactam (4-membered cyclic amide) rings is 1. The smallest absolute Gasteiger partial charge is 0.413 e. The van der Waals surface area contributed by atoms with Gasteiger partial charge < -0.3 is 36.0 Å². The van der Waals surface area contributed by atoms with Crippen LogP contribution in [0.1, 0.15) is 69.4 Å². The minimum atomic E-state index is -1.48. The zero-order chi connectivity index (χ0) is 35.7. The van der Waals surface area contributed by atoms with Crippen LogP contribution in [-0.4, -0.2) is 77.5 Å². The van der Waals surface area contributed by atoms with Gasteiger partial charge in [0.05, 0.1) is 6.04 Å². The summed E-state index contributed by atoms with van der Waals surface area (Å²) in [5.41, 5.74) is 4.68. The van der Waals surface area contributed by atoms with Gasteiger partial charge in [-0.25, -0.2) is 14.6 Å². The largest absolute Gasteiger partial charge is 0.450 e. The fourth-order valence-corrected chi connectivity index (χ4v) is 6.27. The molecule has 1 aromatic heterocycles. The van der Waals surface area contributed by atoms with Crippen molar-refractivity contribution in [2.24, 2.45) is 10.9 Å². The summed E-state index contributed by atoms with van der Waals surface area (Å²) in [7, 11) is 0. The fourth-order valence-electron chi connectivity index (χ4n) is 5.59. The van der Waals surface area contributed by atoms with Crippen LogP contribution in [0.5, 0.6) is 0 Å². The first-order chi connectivity index (χ1) is 24.0. The minimum absolute atomic E-state index is 0.0593. The average Bonchev–Trinajstić information content (AvgIpc) is 3.76. The summed E-state index contributed by atoms with van der Waals surface area (Å²) in [6.45, 7) is 6.52. The molecule has 50 heavy (non-hydrogen) atoms. The number of hydrogen-bond donors (Lipinski definition) is 5. The molecule has 3 aromatic rings. The molecule has 1 saturated carbocycles. The fraction of sp³-hybridized carbons (Fsp3) is 0.429. The second kappa shape index (κ2) is 16.2. The van der Waals surface area contributed by atoms with Crippen LogP contribution in [0.15, 0.2) is 71.2 Å². The van der Waals surface area contributed by atoms with Crippen LogP contribution in [0.3, 0.4) is 0 Å². The van der Waals surface area contributed by atoms with Crippen molar-refractivity contribution in [3.8, 4) is 0 Å². The van der Waals surface area contributed by atoms with Gasteiger partial charge in [-0.15, -0.1) is 11.3 Å². The number of nitrogens with one attached hydrogen (secondary N) is 4. The van der Waals surface area contributed by atoms with Gasteiger partial charge in [0.25, 0.3) is 5.91 Å². The summed E-state index contributed by atoms with van der Waals surface area (Å²) in [6.07, 6.45) is 0.531. The SMILES string of the molecule is CC(C)(C)OC(=O)Nc1nc(/C(=N/OC2(C(=O)OC(c3ccccc3)c3ccccc3)CCCC2)C(=O)N[C@@H]2C(=O)N[C@@H]2CNCCN)cs1. The molecule has 14 nitrogen and oxygen atoms in total. The van der Waals surface area contributed by atoms with Gasteiger partial charge in [-0.3, -0.25) is 14.9 Å². The van der Waals surface area contributed by atoms with Gasteiger partial charge in [0.2, 0.25) is 11.5 Å². The number of carbonyl (C=O) groups excluding carboxylic acids is 4. The Bertz CT molecular complexity index is 1630. The highest BCUT2D eigenvalue weighted by Gasteiger charge is 2.48. The van der Waals surface area contributed by atoms with Gasteiger partial charge in [-0.1, -0.05) is 65.8 Å². The summed E-state index contributed by atoms with van der Waals surface area (Å²) in [5.74, 6) is -1.74. The molecule has 266 valence electrons. The van der Waals surface area contributed by atoms with E-state index in [9.17, 15) is 19.2 Å². The number of nitrogens with two attached hydrogens (primary N) is 1. The summed E-state index contributed by atoms with van der Waals surface area (Å²) < 4.78 is 11.5. The normalized spacial score (nSPS) is 18.5. The first-order valence-electron chi connectivity index (χ1n) is 16.5. The third-order valence-electron chi connectivity index (χ3n) is 8.08. The van der Waals surface area contributed by atoms with Gasteiger partial charge >= 0.3 is 12.1 Å². The molecule has 5 rings (SSSR count). The number of anilines is 1. The summed E-state index contributed by atoms with van der Waals surface area (Å²) in [4.78, 5) is 63.2. The number of esters is 1. The molecule has 1 saturated heterocycles. The highest BCUT2D eigenvalue weighted by molar-refractivity contribution is 7.14. The van der Waals surface area contributed by atoms with Crippen LogP contribution in [0.25, 0.3) is 0 Å². The Hall–Kier alpha value is -4.86. The van der Waals surface area contributed by atoms with Crippen molar-refractivity contribution in [3.05, 3.63) is 82.9 Å². The number of amides is 3. The van der Waals surface area contributed by atoms with Crippen LogP contribution in [0, 0.1) is 0 Å². The van der Waals surface area contributed by atoms with Crippen LogP contribution >= 0.6 is 11.3 Å². The van der Waals surface area contributed by atoms with E-state index in [4.69, 9.17) is 20.0 Å². The van der Waals surface area contributed by atoms with E-state index < -0.39 is 41.3 Å². The first kappa shape index (κ1) is 36.4. The molecule has 3 amide bonds. The third-order valence-corrected chi connectivity index (χ3v) is 8.84. The zero-order valence-electron chi connectivity index (χ0n) is 28.3. The van der Waals surface area contributed by atoms with E-state index in [0.717, 1.165) is 22.5 Å². The predicted octanol–water partition coefficient (Wildman–Crippen LogP) is 3.39. The lowest BCUT2D eigenvalue weighted by molar-refractivity contribution is -0.176. The Morgan fingerprint density at radius 2 is 1.70 bits per heavy atom. The minimum Gasteiger partial charge on any atom is -0.450 e. The number of ether oxygens (including phenoxy) is 2. The van der Waals surface area contributed by atoms with E-state index in [-0.39, 0.29) is 28.5 Å². The Morgan fingerprint density at radius 3 is 2.28 bits per heavy atom. The quantitative estimate of drug-likeness (QED) is 0.0546. The van der Waals surface area contributed by atoms with Crippen molar-refractivity contribution in [1.82, 2.24) is 20.9 Å². The molecule has 0 bridgehead atoms. The molecule has 1 aliphatic heterocycles. The molecule has 0 unspecified atom stereocenters. The van der Waals surface area contributed by atoms with Crippen molar-refractivity contribution < 1.29 is 33.5 Å². The molecule has 0 radical (unpaired) electrons. The van der Waals surface area contributed by atoms with Crippen molar-refractivity contribution in [3.63, 3.8) is 0 Å². The lowest BCUT2D eigenvalue weighted by atomic mass is 9.98. The summed E-state index contributed by atoms with van der Waals surface area (Å²) in [6, 6.07) is 17.5. The molecule has 2 aliphatic rings. The zero-order valence-corrected chi connectivity index (χ0v) is 29.1. The highest BCUT2D eigenvalue weighted by Crippen LogP contribution is 2.38. The summed E-state index contributed by atoms with van der Waals surface area (Å²) >= 11 is 1.04. The van der Waals surface area contributed by atoms with E-state index in [1.165, 1.54) is 5.38 Å². The molecule has 2 fully saturated rings. The number of nitrogens with zero attached hydrogens (tertiary/aromatic N) is 2. The molecular weight excluding hydrogens is 662 g/mol. The lowest BCUT2D eigenvalue weighted by Crippen LogP contribution is -2.72. The number of carbonyl (C=O) groups is 4. The molecule has 15 heteroatoms. The van der Waals surface area contributed by atoms with Gasteiger partial charge in [-0.2, -0.15) is 0 Å². The second-order valence-electron chi connectivity index (χ2n) is 13.1. The van der Waals surface area contributed by atoms with E-state index in [1.54, 1.807) is 20.8 Å². The molecule has 0 spiro atoms. The Labute approximate surface area is 294 Å². The van der Waals surface area contributed by atoms with E-state index >= 15 is 0 Å². The monoisotopic (exact) mass is 705 g/mol. The van der Waals surface area contributed by atoms with Crippen molar-refractivity contribution >= 4 is 46.1 Å². The van der Waals surface area contributed by atoms with E-state index in [0.29, 0.717) is 45.3 Å². The number of oxime groups is 1. The molecule has 2 aromatic carbocycles. The maximum atomic E-state index is 14.1. The van der Waals surface area contributed by atoms with E-state index in [1.807, 2.05) is 60.7 Å². The van der Waals surface area contributed by atoms with Crippen LogP contribution in [0.2, 0.25) is 0 Å². The van der Waals surface area contributed by atoms with Crippen LogP contribution < -0.4 is 27.0 Å². The van der Waals surface area contributed by atoms with Gasteiger partial charge in [0, 0.05) is 37.9 Å². The number of hydrogen-bond acceptors (Lipinski definition) is 12. The van der Waals surface area contributed by atoms with Gasteiger partial charge in [-0.05, 0) is 44.7 Å². The standard InChI is InChI=1S/C35H43N7O7S/c1-34(2,3)48-33(46)41-32-39-25(21-50-32)27(30(44)40-26-24(38-29(26)43)20-37-19-18-36)42-49-35(16-10-11-17-35)31(45)47-28(22-12-6-4-7-13-22)23-14-8-5-9-15-23/h4-9,12-15,21,24,26,28,37H,10-11,16-20,36H2,1-3H3,(H,38,43)(H,40,44)(H,39,41,46)/b42-27-/t24-,26+/m1/s1. The second-order valence-corrected chi connectivity index (χ2v) is 13.9. The van der Waals surface area contributed by atoms with E-state index in [2.05, 4.69) is 31.4 Å². The van der Waals surface area contributed by atoms with Crippen molar-refractivity contribution in [2.75, 3.05) is 25.0 Å². The van der Waals surface area contributed by atoms with Gasteiger partial charge in [0.15, 0.2) is 16.9 Å². The summed E-state index contributed by atoms with van der Waals surface area (Å²) in [5, 5.41) is 17.1. The topological polar surface area (TPSA) is 195 Å². The van der Waals surface area contributed by atoms with Crippen molar-refractivity contribution in [2.45, 2.75) is 75.8 Å². The Kier molecular flexibility index (Phi) is 11.8. The number of aromatic nitrogens is 1. The van der Waals surface area contributed by atoms with Crippen LogP contribution in [0.4, 0.5) is 9.93 Å². The Morgan fingerprint density at radius 1 is 1.06 bits per heavy atom. The van der Waals surface area contributed by atoms with Crippen molar-refractivity contribution in [1.29, 1.82) is 0 Å². The number of thiazole rings is 1. The molecule has 2 atom stereocenters. The lowest BCUT2D eigenvalue weighted by Gasteiger charge is -2.37. The number of benzene rings is 2. The predicted molar refractivity (Wildman–Crippen MR) is 187 cm³/mol. The molecule has 6 N–H and O–H groups in total. The Balaban J connectivity index is 1.41. The molecular formula is C35H43N7O7S. The highest BCUT2D eigenvalue weighted by atomic mass is 32.1. The third kappa shape index (κ3) is 9.22. The molecule has 2 heterocycles.